The summed E-state index contributed by atoms with van der Waals surface area (Å²) in [5.41, 5.74) is 0.0838. The molecule has 3 rings (SSSR count). The number of aryl methyl sites for hydroxylation is 1. The molecule has 0 amide bonds. The molecule has 0 saturated carbocycles. The molecule has 0 spiro atoms. The Labute approximate surface area is 94.5 Å². The Kier molecular flexibility index (Phi) is 2.11. The van der Waals surface area contributed by atoms with Crippen molar-refractivity contribution in [2.24, 2.45) is 0 Å². The molecule has 0 fully saturated rings. The van der Waals surface area contributed by atoms with Gasteiger partial charge in [-0.15, -0.1) is 0 Å². The third-order valence-corrected chi connectivity index (χ3v) is 2.97. The van der Waals surface area contributed by atoms with Crippen molar-refractivity contribution < 1.29 is 13.2 Å². The Morgan fingerprint density at radius 2 is 1.94 bits per heavy atom. The molecule has 0 aromatic carbocycles. The van der Waals surface area contributed by atoms with Gasteiger partial charge in [0.05, 0.1) is 0 Å². The number of nitrogens with zero attached hydrogens (tertiary/aromatic N) is 4. The smallest absolute Gasteiger partial charge is 0.216 e. The van der Waals surface area contributed by atoms with Crippen LogP contribution in [0.15, 0.2) is 6.33 Å². The standard InChI is InChI=1S/C10H9F3N4/c11-10(12,13)8-6-3-1-2-4-7(6)16-9-14-5-15-17(8)9/h5H,1-4H2. The molecule has 0 bridgehead atoms. The van der Waals surface area contributed by atoms with Gasteiger partial charge in [0.15, 0.2) is 5.69 Å². The second-order valence-corrected chi connectivity index (χ2v) is 4.06. The van der Waals surface area contributed by atoms with Crippen molar-refractivity contribution in [1.29, 1.82) is 0 Å². The molecule has 1 aliphatic carbocycles. The molecule has 2 heterocycles. The summed E-state index contributed by atoms with van der Waals surface area (Å²) in [6, 6.07) is 0. The van der Waals surface area contributed by atoms with E-state index in [9.17, 15) is 13.2 Å². The van der Waals surface area contributed by atoms with Crippen molar-refractivity contribution in [3.8, 4) is 0 Å². The highest BCUT2D eigenvalue weighted by molar-refractivity contribution is 5.39. The van der Waals surface area contributed by atoms with Gasteiger partial charge in [-0.2, -0.15) is 27.8 Å². The Bertz CT molecular complexity index is 573. The van der Waals surface area contributed by atoms with E-state index in [1.54, 1.807) is 0 Å². The number of aromatic nitrogens is 4. The monoisotopic (exact) mass is 242 g/mol. The molecule has 2 aromatic rings. The van der Waals surface area contributed by atoms with Crippen LogP contribution in [0, 0.1) is 0 Å². The van der Waals surface area contributed by atoms with Crippen LogP contribution in [-0.2, 0) is 19.0 Å². The molecular weight excluding hydrogens is 233 g/mol. The van der Waals surface area contributed by atoms with Crippen LogP contribution in [0.1, 0.15) is 29.8 Å². The second-order valence-electron chi connectivity index (χ2n) is 4.06. The second kappa shape index (κ2) is 3.41. The SMILES string of the molecule is FC(F)(F)c1c2c(nc3ncnn13)CCCC2. The third kappa shape index (κ3) is 1.57. The van der Waals surface area contributed by atoms with E-state index in [0.29, 0.717) is 18.5 Å². The minimum atomic E-state index is -4.42. The molecule has 0 unspecified atom stereocenters. The summed E-state index contributed by atoms with van der Waals surface area (Å²) in [5, 5.41) is 3.62. The number of hydrogen-bond donors (Lipinski definition) is 0. The maximum absolute atomic E-state index is 13.1. The van der Waals surface area contributed by atoms with Crippen LogP contribution in [0.4, 0.5) is 13.2 Å². The van der Waals surface area contributed by atoms with E-state index >= 15 is 0 Å². The van der Waals surface area contributed by atoms with Crippen LogP contribution in [0.5, 0.6) is 0 Å². The maximum Gasteiger partial charge on any atom is 0.433 e. The lowest BCUT2D eigenvalue weighted by atomic mass is 9.94. The van der Waals surface area contributed by atoms with E-state index in [-0.39, 0.29) is 11.3 Å². The van der Waals surface area contributed by atoms with E-state index in [0.717, 1.165) is 23.7 Å². The first-order valence-corrected chi connectivity index (χ1v) is 5.36. The van der Waals surface area contributed by atoms with Gasteiger partial charge >= 0.3 is 6.18 Å². The molecule has 17 heavy (non-hydrogen) atoms. The van der Waals surface area contributed by atoms with Crippen molar-refractivity contribution >= 4 is 5.78 Å². The van der Waals surface area contributed by atoms with E-state index in [1.165, 1.54) is 0 Å². The lowest BCUT2D eigenvalue weighted by Gasteiger charge is -2.20. The number of fused-ring (bicyclic) bond motifs is 2. The molecule has 2 aromatic heterocycles. The zero-order valence-electron chi connectivity index (χ0n) is 8.83. The molecule has 0 saturated heterocycles. The molecular formula is C10H9F3N4. The molecule has 0 radical (unpaired) electrons. The number of rotatable bonds is 0. The molecule has 7 heteroatoms. The van der Waals surface area contributed by atoms with Gasteiger partial charge in [-0.05, 0) is 25.7 Å². The Morgan fingerprint density at radius 1 is 1.18 bits per heavy atom. The van der Waals surface area contributed by atoms with Crippen LogP contribution in [0.3, 0.4) is 0 Å². The predicted octanol–water partition coefficient (Wildman–Crippen LogP) is 2.02. The largest absolute Gasteiger partial charge is 0.433 e. The normalized spacial score (nSPS) is 16.2. The molecule has 0 N–H and O–H groups in total. The van der Waals surface area contributed by atoms with Crippen LogP contribution in [-0.4, -0.2) is 19.6 Å². The van der Waals surface area contributed by atoms with Gasteiger partial charge in [0.2, 0.25) is 0 Å². The Balaban J connectivity index is 2.38. The van der Waals surface area contributed by atoms with Gasteiger partial charge in [-0.25, -0.2) is 4.98 Å². The van der Waals surface area contributed by atoms with Crippen molar-refractivity contribution in [1.82, 2.24) is 19.6 Å². The predicted molar refractivity (Wildman–Crippen MR) is 52.4 cm³/mol. The molecule has 1 aliphatic rings. The van der Waals surface area contributed by atoms with E-state index < -0.39 is 11.9 Å². The minimum absolute atomic E-state index is 0.0259. The molecule has 0 atom stereocenters. The van der Waals surface area contributed by atoms with Crippen LogP contribution < -0.4 is 0 Å². The van der Waals surface area contributed by atoms with Gasteiger partial charge < -0.3 is 0 Å². The van der Waals surface area contributed by atoms with Gasteiger partial charge in [-0.1, -0.05) is 0 Å². The zero-order valence-corrected chi connectivity index (χ0v) is 8.83. The van der Waals surface area contributed by atoms with Gasteiger partial charge in [-0.3, -0.25) is 0 Å². The topological polar surface area (TPSA) is 43.1 Å². The summed E-state index contributed by atoms with van der Waals surface area (Å²) in [4.78, 5) is 7.88. The third-order valence-electron chi connectivity index (χ3n) is 2.97. The van der Waals surface area contributed by atoms with Crippen molar-refractivity contribution in [2.45, 2.75) is 31.9 Å². The number of alkyl halides is 3. The van der Waals surface area contributed by atoms with E-state index in [1.807, 2.05) is 0 Å². The van der Waals surface area contributed by atoms with Gasteiger partial charge in [0, 0.05) is 11.3 Å². The lowest BCUT2D eigenvalue weighted by Crippen LogP contribution is -2.21. The van der Waals surface area contributed by atoms with Crippen molar-refractivity contribution in [2.75, 3.05) is 0 Å². The summed E-state index contributed by atoms with van der Waals surface area (Å²) in [7, 11) is 0. The summed E-state index contributed by atoms with van der Waals surface area (Å²) < 4.78 is 40.0. The summed E-state index contributed by atoms with van der Waals surface area (Å²) in [6.45, 7) is 0. The van der Waals surface area contributed by atoms with Crippen LogP contribution >= 0.6 is 0 Å². The fourth-order valence-corrected chi connectivity index (χ4v) is 2.28. The lowest BCUT2D eigenvalue weighted by molar-refractivity contribution is -0.143. The minimum Gasteiger partial charge on any atom is -0.216 e. The summed E-state index contributed by atoms with van der Waals surface area (Å²) in [5.74, 6) is 0.0259. The van der Waals surface area contributed by atoms with Crippen molar-refractivity contribution in [3.63, 3.8) is 0 Å². The molecule has 4 nitrogen and oxygen atoms in total. The first-order valence-electron chi connectivity index (χ1n) is 5.36. The molecule has 0 aliphatic heterocycles. The van der Waals surface area contributed by atoms with Crippen LogP contribution in [0.25, 0.3) is 5.78 Å². The highest BCUT2D eigenvalue weighted by Gasteiger charge is 2.39. The fourth-order valence-electron chi connectivity index (χ4n) is 2.28. The first-order chi connectivity index (χ1) is 8.07. The quantitative estimate of drug-likeness (QED) is 0.709. The summed E-state index contributed by atoms with van der Waals surface area (Å²) in [6.07, 6.45) is -0.687. The maximum atomic E-state index is 13.1. The highest BCUT2D eigenvalue weighted by atomic mass is 19.4. The van der Waals surface area contributed by atoms with E-state index in [2.05, 4.69) is 15.1 Å². The Hall–Kier alpha value is -1.66. The number of halogens is 3. The fraction of sp³-hybridized carbons (Fsp3) is 0.500. The Morgan fingerprint density at radius 3 is 2.71 bits per heavy atom. The summed E-state index contributed by atoms with van der Waals surface area (Å²) >= 11 is 0. The van der Waals surface area contributed by atoms with Crippen molar-refractivity contribution in [3.05, 3.63) is 23.3 Å². The van der Waals surface area contributed by atoms with Gasteiger partial charge in [0.25, 0.3) is 5.78 Å². The van der Waals surface area contributed by atoms with Crippen LogP contribution in [0.2, 0.25) is 0 Å². The first kappa shape index (κ1) is 10.5. The molecule has 90 valence electrons. The average Bonchev–Trinajstić information content (AvgIpc) is 2.71. The highest BCUT2D eigenvalue weighted by Crippen LogP contribution is 2.35. The van der Waals surface area contributed by atoms with E-state index in [4.69, 9.17) is 0 Å². The van der Waals surface area contributed by atoms with Gasteiger partial charge in [0.1, 0.15) is 6.33 Å². The zero-order chi connectivity index (χ0) is 12.0. The average molecular weight is 242 g/mol. The number of hydrogen-bond acceptors (Lipinski definition) is 3.